The molecule has 36 heavy (non-hydrogen) atoms. The highest BCUT2D eigenvalue weighted by Gasteiger charge is 2.18. The van der Waals surface area contributed by atoms with Gasteiger partial charge in [-0.3, -0.25) is 10.1 Å². The molecule has 0 aliphatic carbocycles. The third kappa shape index (κ3) is 6.30. The first kappa shape index (κ1) is 24.5. The van der Waals surface area contributed by atoms with Crippen LogP contribution in [0, 0.1) is 17.0 Å². The molecule has 0 N–H and O–H groups in total. The van der Waals surface area contributed by atoms with Crippen molar-refractivity contribution in [1.82, 2.24) is 0 Å². The first-order valence-corrected chi connectivity index (χ1v) is 11.7. The Hall–Kier alpha value is -4.58. The Kier molecular flexibility index (Phi) is 7.98. The SMILES string of the molecule is C=CCOc1cccc(Oc2ccc(CN(Cc3ccccc3)c3cccc([N+](=O)[O-])c3C)cc2)c1. The average molecular weight is 481 g/mol. The van der Waals surface area contributed by atoms with Crippen LogP contribution < -0.4 is 14.4 Å². The normalized spacial score (nSPS) is 10.5. The zero-order valence-corrected chi connectivity index (χ0v) is 20.2. The van der Waals surface area contributed by atoms with E-state index in [-0.39, 0.29) is 10.6 Å². The van der Waals surface area contributed by atoms with Crippen LogP contribution in [0.2, 0.25) is 0 Å². The van der Waals surface area contributed by atoms with Crippen LogP contribution in [-0.2, 0) is 13.1 Å². The molecular formula is C30H28N2O4. The van der Waals surface area contributed by atoms with E-state index in [0.717, 1.165) is 16.8 Å². The smallest absolute Gasteiger partial charge is 0.274 e. The fraction of sp³-hybridized carbons (Fsp3) is 0.133. The average Bonchev–Trinajstić information content (AvgIpc) is 2.89. The Bertz CT molecular complexity index is 1320. The molecule has 4 aromatic carbocycles. The van der Waals surface area contributed by atoms with Crippen molar-refractivity contribution in [3.8, 4) is 17.2 Å². The standard InChI is InChI=1S/C30H28N2O4/c1-3-19-35-27-11-7-12-28(20-27)36-26-17-15-25(16-18-26)22-31(21-24-9-5-4-6-10-24)29-13-8-14-30(23(29)2)32(33)34/h3-18,20H,1,19,21-22H2,2H3. The van der Waals surface area contributed by atoms with Crippen molar-refractivity contribution in [1.29, 1.82) is 0 Å². The van der Waals surface area contributed by atoms with E-state index in [1.54, 1.807) is 25.1 Å². The van der Waals surface area contributed by atoms with Crippen molar-refractivity contribution in [2.45, 2.75) is 20.0 Å². The van der Waals surface area contributed by atoms with Crippen molar-refractivity contribution >= 4 is 11.4 Å². The van der Waals surface area contributed by atoms with Crippen molar-refractivity contribution in [2.24, 2.45) is 0 Å². The zero-order chi connectivity index (χ0) is 25.3. The lowest BCUT2D eigenvalue weighted by molar-refractivity contribution is -0.385. The lowest BCUT2D eigenvalue weighted by Gasteiger charge is -2.27. The lowest BCUT2D eigenvalue weighted by Crippen LogP contribution is -2.23. The minimum atomic E-state index is -0.330. The first-order chi connectivity index (χ1) is 17.5. The number of rotatable bonds is 11. The largest absolute Gasteiger partial charge is 0.489 e. The molecule has 0 bridgehead atoms. The van der Waals surface area contributed by atoms with E-state index < -0.39 is 0 Å². The Morgan fingerprint density at radius 3 is 2.19 bits per heavy atom. The molecule has 0 aromatic heterocycles. The molecule has 0 saturated carbocycles. The summed E-state index contributed by atoms with van der Waals surface area (Å²) in [6.45, 7) is 7.11. The van der Waals surface area contributed by atoms with Gasteiger partial charge in [0.15, 0.2) is 0 Å². The molecule has 4 rings (SSSR count). The molecule has 0 amide bonds. The highest BCUT2D eigenvalue weighted by atomic mass is 16.6. The molecule has 6 heteroatoms. The van der Waals surface area contributed by atoms with E-state index in [4.69, 9.17) is 9.47 Å². The molecule has 0 saturated heterocycles. The van der Waals surface area contributed by atoms with E-state index in [1.807, 2.05) is 72.8 Å². The summed E-state index contributed by atoms with van der Waals surface area (Å²) in [6, 6.07) is 30.6. The van der Waals surface area contributed by atoms with Gasteiger partial charge in [-0.1, -0.05) is 67.3 Å². The molecule has 0 fully saturated rings. The van der Waals surface area contributed by atoms with Crippen LogP contribution in [0.4, 0.5) is 11.4 Å². The second-order valence-electron chi connectivity index (χ2n) is 8.34. The number of benzene rings is 4. The quantitative estimate of drug-likeness (QED) is 0.127. The Balaban J connectivity index is 1.54. The molecule has 0 spiro atoms. The van der Waals surface area contributed by atoms with E-state index in [0.29, 0.717) is 42.5 Å². The molecule has 0 unspecified atom stereocenters. The van der Waals surface area contributed by atoms with Crippen molar-refractivity contribution < 1.29 is 14.4 Å². The van der Waals surface area contributed by atoms with Gasteiger partial charge in [0.2, 0.25) is 0 Å². The van der Waals surface area contributed by atoms with E-state index in [1.165, 1.54) is 0 Å². The number of hydrogen-bond donors (Lipinski definition) is 0. The fourth-order valence-electron chi connectivity index (χ4n) is 3.98. The predicted molar refractivity (Wildman–Crippen MR) is 143 cm³/mol. The minimum absolute atomic E-state index is 0.119. The number of ether oxygens (including phenoxy) is 2. The van der Waals surface area contributed by atoms with Crippen LogP contribution in [0.25, 0.3) is 0 Å². The highest BCUT2D eigenvalue weighted by molar-refractivity contribution is 5.62. The number of nitrogens with zero attached hydrogens (tertiary/aromatic N) is 2. The van der Waals surface area contributed by atoms with Gasteiger partial charge in [0.1, 0.15) is 23.9 Å². The lowest BCUT2D eigenvalue weighted by atomic mass is 10.1. The van der Waals surface area contributed by atoms with E-state index >= 15 is 0 Å². The van der Waals surface area contributed by atoms with E-state index in [2.05, 4.69) is 23.6 Å². The summed E-state index contributed by atoms with van der Waals surface area (Å²) >= 11 is 0. The maximum Gasteiger partial charge on any atom is 0.274 e. The predicted octanol–water partition coefficient (Wildman–Crippen LogP) is 7.47. The molecular weight excluding hydrogens is 452 g/mol. The maximum atomic E-state index is 11.5. The Morgan fingerprint density at radius 2 is 1.50 bits per heavy atom. The Morgan fingerprint density at radius 1 is 0.833 bits per heavy atom. The van der Waals surface area contributed by atoms with Gasteiger partial charge in [0, 0.05) is 30.9 Å². The van der Waals surface area contributed by atoms with Gasteiger partial charge in [-0.05, 0) is 48.4 Å². The summed E-state index contributed by atoms with van der Waals surface area (Å²) in [5, 5.41) is 11.5. The fourth-order valence-corrected chi connectivity index (χ4v) is 3.98. The number of nitro groups is 1. The van der Waals surface area contributed by atoms with Crippen molar-refractivity contribution in [3.63, 3.8) is 0 Å². The van der Waals surface area contributed by atoms with Crippen LogP contribution in [0.3, 0.4) is 0 Å². The third-order valence-corrected chi connectivity index (χ3v) is 5.74. The second kappa shape index (κ2) is 11.7. The molecule has 0 heterocycles. The molecule has 182 valence electrons. The van der Waals surface area contributed by atoms with Crippen LogP contribution in [0.5, 0.6) is 17.2 Å². The van der Waals surface area contributed by atoms with Gasteiger partial charge in [0.25, 0.3) is 5.69 Å². The highest BCUT2D eigenvalue weighted by Crippen LogP contribution is 2.31. The van der Waals surface area contributed by atoms with Crippen LogP contribution in [0.15, 0.2) is 110 Å². The summed E-state index contributed by atoms with van der Waals surface area (Å²) in [5.74, 6) is 2.11. The van der Waals surface area contributed by atoms with Crippen molar-refractivity contribution in [3.05, 3.63) is 137 Å². The summed E-state index contributed by atoms with van der Waals surface area (Å²) in [5.41, 5.74) is 3.80. The topological polar surface area (TPSA) is 64.8 Å². The second-order valence-corrected chi connectivity index (χ2v) is 8.34. The summed E-state index contributed by atoms with van der Waals surface area (Å²) < 4.78 is 11.6. The summed E-state index contributed by atoms with van der Waals surface area (Å²) in [4.78, 5) is 13.4. The summed E-state index contributed by atoms with van der Waals surface area (Å²) in [6.07, 6.45) is 1.70. The molecule has 6 nitrogen and oxygen atoms in total. The van der Waals surface area contributed by atoms with E-state index in [9.17, 15) is 10.1 Å². The first-order valence-electron chi connectivity index (χ1n) is 11.7. The number of nitro benzene ring substituents is 1. The van der Waals surface area contributed by atoms with Gasteiger partial charge in [-0.25, -0.2) is 0 Å². The summed E-state index contributed by atoms with van der Waals surface area (Å²) in [7, 11) is 0. The van der Waals surface area contributed by atoms with Crippen LogP contribution >= 0.6 is 0 Å². The molecule has 0 atom stereocenters. The van der Waals surface area contributed by atoms with Crippen molar-refractivity contribution in [2.75, 3.05) is 11.5 Å². The van der Waals surface area contributed by atoms with Gasteiger partial charge < -0.3 is 14.4 Å². The van der Waals surface area contributed by atoms with Gasteiger partial charge in [-0.15, -0.1) is 0 Å². The molecule has 0 aliphatic heterocycles. The third-order valence-electron chi connectivity index (χ3n) is 5.74. The number of anilines is 1. The minimum Gasteiger partial charge on any atom is -0.489 e. The monoisotopic (exact) mass is 480 g/mol. The Labute approximate surface area is 211 Å². The molecule has 0 radical (unpaired) electrons. The zero-order valence-electron chi connectivity index (χ0n) is 20.2. The van der Waals surface area contributed by atoms with Crippen LogP contribution in [0.1, 0.15) is 16.7 Å². The van der Waals surface area contributed by atoms with Gasteiger partial charge in [0.05, 0.1) is 10.5 Å². The van der Waals surface area contributed by atoms with Gasteiger partial charge in [-0.2, -0.15) is 0 Å². The number of hydrogen-bond acceptors (Lipinski definition) is 5. The molecule has 0 aliphatic rings. The molecule has 4 aromatic rings. The maximum absolute atomic E-state index is 11.5. The van der Waals surface area contributed by atoms with Crippen LogP contribution in [-0.4, -0.2) is 11.5 Å². The van der Waals surface area contributed by atoms with Gasteiger partial charge >= 0.3 is 0 Å².